The van der Waals surface area contributed by atoms with Crippen LogP contribution in [0.25, 0.3) is 0 Å². The zero-order chi connectivity index (χ0) is 19.0. The molecule has 0 aromatic heterocycles. The second-order valence-corrected chi connectivity index (χ2v) is 9.47. The number of esters is 1. The summed E-state index contributed by atoms with van der Waals surface area (Å²) in [6.45, 7) is 1.39. The number of carbonyl (C=O) groups is 1. The van der Waals surface area contributed by atoms with Crippen LogP contribution in [0.4, 0.5) is 8.78 Å². The number of alkyl halides is 2. The molecule has 2 rings (SSSR count). The van der Waals surface area contributed by atoms with Crippen LogP contribution in [0.1, 0.15) is 6.92 Å². The number of nitrogens with zero attached hydrogens (tertiary/aromatic N) is 1. The van der Waals surface area contributed by atoms with E-state index >= 15 is 0 Å². The number of methoxy groups -OCH3 is 1. The van der Waals surface area contributed by atoms with Crippen molar-refractivity contribution in [3.8, 4) is 0 Å². The Bertz CT molecular complexity index is 869. The maximum Gasteiger partial charge on any atom is 0.341 e. The predicted molar refractivity (Wildman–Crippen MR) is 83.1 cm³/mol. The molecule has 0 N–H and O–H groups in total. The standard InChI is InChI=1S/C14H17F2NO6S2/c1-9-7-17(8-10(9)13(18)23-2)25(21,22)12-6-4-3-5-11(12)24(19,20)14(15)16/h3-6,9-10,14H,7-8H2,1-2H3/t9-,10-/m1/s1. The molecular weight excluding hydrogens is 380 g/mol. The second kappa shape index (κ2) is 6.96. The number of hydrogen-bond acceptors (Lipinski definition) is 6. The molecule has 140 valence electrons. The molecular formula is C14H17F2NO6S2. The van der Waals surface area contributed by atoms with Crippen LogP contribution in [0.5, 0.6) is 0 Å². The average molecular weight is 397 g/mol. The van der Waals surface area contributed by atoms with E-state index in [1.165, 1.54) is 13.2 Å². The lowest BCUT2D eigenvalue weighted by atomic mass is 9.99. The lowest BCUT2D eigenvalue weighted by Gasteiger charge is -2.18. The van der Waals surface area contributed by atoms with Crippen LogP contribution in [0.15, 0.2) is 34.1 Å². The Labute approximate surface area is 144 Å². The van der Waals surface area contributed by atoms with E-state index in [0.717, 1.165) is 22.5 Å². The van der Waals surface area contributed by atoms with Gasteiger partial charge in [0, 0.05) is 13.1 Å². The number of halogens is 2. The van der Waals surface area contributed by atoms with Crippen molar-refractivity contribution >= 4 is 25.8 Å². The van der Waals surface area contributed by atoms with Gasteiger partial charge in [0.25, 0.3) is 0 Å². The van der Waals surface area contributed by atoms with Crippen molar-refractivity contribution < 1.29 is 35.1 Å². The monoisotopic (exact) mass is 397 g/mol. The maximum absolute atomic E-state index is 12.9. The molecule has 1 aliphatic heterocycles. The van der Waals surface area contributed by atoms with E-state index in [0.29, 0.717) is 0 Å². The quantitative estimate of drug-likeness (QED) is 0.691. The summed E-state index contributed by atoms with van der Waals surface area (Å²) in [5, 5.41) is 0. The summed E-state index contributed by atoms with van der Waals surface area (Å²) < 4.78 is 80.4. The van der Waals surface area contributed by atoms with Gasteiger partial charge in [0.1, 0.15) is 4.90 Å². The van der Waals surface area contributed by atoms with Gasteiger partial charge in [-0.15, -0.1) is 0 Å². The van der Waals surface area contributed by atoms with Crippen molar-refractivity contribution in [3.05, 3.63) is 24.3 Å². The molecule has 0 spiro atoms. The highest BCUT2D eigenvalue weighted by atomic mass is 32.2. The van der Waals surface area contributed by atoms with Crippen molar-refractivity contribution in [1.82, 2.24) is 4.31 Å². The highest BCUT2D eigenvalue weighted by Gasteiger charge is 2.43. The van der Waals surface area contributed by atoms with E-state index < -0.39 is 47.3 Å². The molecule has 0 unspecified atom stereocenters. The molecule has 1 aromatic carbocycles. The summed E-state index contributed by atoms with van der Waals surface area (Å²) in [7, 11) is -8.30. The SMILES string of the molecule is COC(=O)[C@@H]1CN(S(=O)(=O)c2ccccc2S(=O)(=O)C(F)F)C[C@H]1C. The van der Waals surface area contributed by atoms with Crippen LogP contribution in [-0.4, -0.2) is 53.1 Å². The minimum Gasteiger partial charge on any atom is -0.469 e. The summed E-state index contributed by atoms with van der Waals surface area (Å²) >= 11 is 0. The van der Waals surface area contributed by atoms with Gasteiger partial charge < -0.3 is 4.74 Å². The van der Waals surface area contributed by atoms with Crippen LogP contribution in [-0.2, 0) is 29.4 Å². The number of hydrogen-bond donors (Lipinski definition) is 0. The Morgan fingerprint density at radius 1 is 1.16 bits per heavy atom. The zero-order valence-electron chi connectivity index (χ0n) is 13.4. The molecule has 0 saturated carbocycles. The third kappa shape index (κ3) is 3.53. The molecule has 11 heteroatoms. The fourth-order valence-electron chi connectivity index (χ4n) is 2.71. The van der Waals surface area contributed by atoms with Crippen molar-refractivity contribution in [3.63, 3.8) is 0 Å². The summed E-state index contributed by atoms with van der Waals surface area (Å²) in [5.41, 5.74) is 0. The van der Waals surface area contributed by atoms with Gasteiger partial charge in [-0.3, -0.25) is 4.79 Å². The lowest BCUT2D eigenvalue weighted by molar-refractivity contribution is -0.145. The van der Waals surface area contributed by atoms with E-state index in [1.807, 2.05) is 0 Å². The van der Waals surface area contributed by atoms with E-state index in [4.69, 9.17) is 0 Å². The third-order valence-corrected chi connectivity index (χ3v) is 7.55. The highest BCUT2D eigenvalue weighted by molar-refractivity contribution is 7.93. The largest absolute Gasteiger partial charge is 0.469 e. The van der Waals surface area contributed by atoms with Crippen LogP contribution >= 0.6 is 0 Å². The first-order chi connectivity index (χ1) is 11.5. The number of carbonyl (C=O) groups excluding carboxylic acids is 1. The van der Waals surface area contributed by atoms with Crippen molar-refractivity contribution in [2.75, 3.05) is 20.2 Å². The van der Waals surface area contributed by atoms with Gasteiger partial charge in [0.2, 0.25) is 19.9 Å². The van der Waals surface area contributed by atoms with Gasteiger partial charge in [-0.25, -0.2) is 16.8 Å². The van der Waals surface area contributed by atoms with E-state index in [-0.39, 0.29) is 19.0 Å². The first kappa shape index (κ1) is 19.7. The summed E-state index contributed by atoms with van der Waals surface area (Å²) in [5.74, 6) is -5.40. The molecule has 25 heavy (non-hydrogen) atoms. The van der Waals surface area contributed by atoms with Crippen LogP contribution in [0.2, 0.25) is 0 Å². The van der Waals surface area contributed by atoms with E-state index in [2.05, 4.69) is 4.74 Å². The topological polar surface area (TPSA) is 97.8 Å². The Balaban J connectivity index is 2.48. The molecule has 2 atom stereocenters. The fourth-order valence-corrected chi connectivity index (χ4v) is 5.82. The Hall–Kier alpha value is -1.59. The molecule has 0 radical (unpaired) electrons. The van der Waals surface area contributed by atoms with Crippen LogP contribution in [0, 0.1) is 11.8 Å². The van der Waals surface area contributed by atoms with Crippen molar-refractivity contribution in [1.29, 1.82) is 0 Å². The van der Waals surface area contributed by atoms with Crippen molar-refractivity contribution in [2.24, 2.45) is 11.8 Å². The van der Waals surface area contributed by atoms with Gasteiger partial charge in [0.05, 0.1) is 17.9 Å². The normalized spacial score (nSPS) is 22.3. The first-order valence-electron chi connectivity index (χ1n) is 7.22. The van der Waals surface area contributed by atoms with E-state index in [9.17, 15) is 30.4 Å². The Kier molecular flexibility index (Phi) is 5.50. The lowest BCUT2D eigenvalue weighted by Crippen LogP contribution is -2.31. The molecule has 1 aromatic rings. The van der Waals surface area contributed by atoms with Gasteiger partial charge in [-0.2, -0.15) is 13.1 Å². The molecule has 1 heterocycles. The third-order valence-electron chi connectivity index (χ3n) is 4.09. The van der Waals surface area contributed by atoms with Crippen LogP contribution in [0.3, 0.4) is 0 Å². The molecule has 1 fully saturated rings. The van der Waals surface area contributed by atoms with Crippen LogP contribution < -0.4 is 0 Å². The molecule has 1 aliphatic rings. The van der Waals surface area contributed by atoms with Gasteiger partial charge in [-0.05, 0) is 18.1 Å². The maximum atomic E-state index is 12.9. The number of benzene rings is 1. The molecule has 0 aliphatic carbocycles. The second-order valence-electron chi connectivity index (χ2n) is 5.68. The van der Waals surface area contributed by atoms with Crippen molar-refractivity contribution in [2.45, 2.75) is 22.5 Å². The summed E-state index contributed by atoms with van der Waals surface area (Å²) in [4.78, 5) is 10.0. The molecule has 7 nitrogen and oxygen atoms in total. The Morgan fingerprint density at radius 2 is 1.72 bits per heavy atom. The molecule has 0 bridgehead atoms. The summed E-state index contributed by atoms with van der Waals surface area (Å²) in [6.07, 6.45) is 0. The van der Waals surface area contributed by atoms with Gasteiger partial charge in [0.15, 0.2) is 0 Å². The number of ether oxygens (including phenoxy) is 1. The van der Waals surface area contributed by atoms with Gasteiger partial charge >= 0.3 is 11.7 Å². The average Bonchev–Trinajstić information content (AvgIpc) is 2.96. The van der Waals surface area contributed by atoms with E-state index in [1.54, 1.807) is 6.92 Å². The smallest absolute Gasteiger partial charge is 0.341 e. The Morgan fingerprint density at radius 3 is 2.24 bits per heavy atom. The van der Waals surface area contributed by atoms with Gasteiger partial charge in [-0.1, -0.05) is 19.1 Å². The molecule has 0 amide bonds. The first-order valence-corrected chi connectivity index (χ1v) is 10.2. The minimum atomic E-state index is -5.10. The predicted octanol–water partition coefficient (Wildman–Crippen LogP) is 1.11. The number of sulfonamides is 1. The fraction of sp³-hybridized carbons (Fsp3) is 0.500. The zero-order valence-corrected chi connectivity index (χ0v) is 15.1. The number of rotatable bonds is 5. The number of sulfone groups is 1. The highest BCUT2D eigenvalue weighted by Crippen LogP contribution is 2.33. The molecule has 1 saturated heterocycles. The summed E-state index contributed by atoms with van der Waals surface area (Å²) in [6, 6.07) is 4.19. The minimum absolute atomic E-state index is 0.0504.